The zero-order chi connectivity index (χ0) is 10.7. The Labute approximate surface area is 92.2 Å². The summed E-state index contributed by atoms with van der Waals surface area (Å²) in [5, 5.41) is 3.32. The van der Waals surface area contributed by atoms with E-state index in [0.29, 0.717) is 5.91 Å². The monoisotopic (exact) mass is 210 g/mol. The highest BCUT2D eigenvalue weighted by Crippen LogP contribution is 2.22. The van der Waals surface area contributed by atoms with Crippen LogP contribution in [-0.2, 0) is 4.79 Å². The molecule has 2 fully saturated rings. The number of piperidine rings is 1. The molecule has 2 rings (SSSR count). The van der Waals surface area contributed by atoms with Crippen molar-refractivity contribution < 1.29 is 4.79 Å². The van der Waals surface area contributed by atoms with Crippen LogP contribution in [0.1, 0.15) is 32.6 Å². The third-order valence-electron chi connectivity index (χ3n) is 3.82. The molecule has 0 saturated carbocycles. The van der Waals surface area contributed by atoms with Gasteiger partial charge in [-0.05, 0) is 31.7 Å². The van der Waals surface area contributed by atoms with Crippen molar-refractivity contribution in [2.75, 3.05) is 26.2 Å². The van der Waals surface area contributed by atoms with E-state index in [1.807, 2.05) is 0 Å². The van der Waals surface area contributed by atoms with Gasteiger partial charge < -0.3 is 10.2 Å². The molecule has 3 nitrogen and oxygen atoms in total. The molecule has 0 bridgehead atoms. The number of nitrogens with zero attached hydrogens (tertiary/aromatic N) is 1. The SMILES string of the molecule is CCC1CCN(C(=O)C2CCCNC2)C1. The van der Waals surface area contributed by atoms with Crippen molar-refractivity contribution >= 4 is 5.91 Å². The van der Waals surface area contributed by atoms with Crippen LogP contribution in [0.2, 0.25) is 0 Å². The molecule has 2 aliphatic heterocycles. The number of amides is 1. The largest absolute Gasteiger partial charge is 0.342 e. The zero-order valence-electron chi connectivity index (χ0n) is 9.67. The molecule has 15 heavy (non-hydrogen) atoms. The van der Waals surface area contributed by atoms with Crippen molar-refractivity contribution in [1.82, 2.24) is 10.2 Å². The van der Waals surface area contributed by atoms with Crippen LogP contribution < -0.4 is 5.32 Å². The molecule has 3 heteroatoms. The average molecular weight is 210 g/mol. The van der Waals surface area contributed by atoms with Gasteiger partial charge in [0, 0.05) is 19.6 Å². The van der Waals surface area contributed by atoms with Crippen LogP contribution in [0.4, 0.5) is 0 Å². The van der Waals surface area contributed by atoms with Crippen LogP contribution >= 0.6 is 0 Å². The summed E-state index contributed by atoms with van der Waals surface area (Å²) in [7, 11) is 0. The fourth-order valence-corrected chi connectivity index (χ4v) is 2.69. The Balaban J connectivity index is 1.85. The van der Waals surface area contributed by atoms with Gasteiger partial charge in [0.2, 0.25) is 5.91 Å². The maximum absolute atomic E-state index is 12.1. The lowest BCUT2D eigenvalue weighted by molar-refractivity contribution is -0.135. The highest BCUT2D eigenvalue weighted by atomic mass is 16.2. The molecular formula is C12H22N2O. The first-order valence-corrected chi connectivity index (χ1v) is 6.30. The number of carbonyl (C=O) groups is 1. The quantitative estimate of drug-likeness (QED) is 0.744. The lowest BCUT2D eigenvalue weighted by atomic mass is 9.98. The molecule has 0 aliphatic carbocycles. The van der Waals surface area contributed by atoms with Crippen molar-refractivity contribution in [3.8, 4) is 0 Å². The van der Waals surface area contributed by atoms with Gasteiger partial charge >= 0.3 is 0 Å². The smallest absolute Gasteiger partial charge is 0.226 e. The molecule has 2 aliphatic rings. The summed E-state index contributed by atoms with van der Waals surface area (Å²) in [5.41, 5.74) is 0. The van der Waals surface area contributed by atoms with Crippen LogP contribution in [0.3, 0.4) is 0 Å². The minimum Gasteiger partial charge on any atom is -0.342 e. The first-order chi connectivity index (χ1) is 7.31. The first kappa shape index (κ1) is 10.9. The maximum atomic E-state index is 12.1. The van der Waals surface area contributed by atoms with Crippen LogP contribution in [0.15, 0.2) is 0 Å². The van der Waals surface area contributed by atoms with E-state index < -0.39 is 0 Å². The number of hydrogen-bond donors (Lipinski definition) is 1. The Hall–Kier alpha value is -0.570. The summed E-state index contributed by atoms with van der Waals surface area (Å²) in [4.78, 5) is 14.2. The number of carbonyl (C=O) groups excluding carboxylic acids is 1. The van der Waals surface area contributed by atoms with Gasteiger partial charge in [-0.1, -0.05) is 13.3 Å². The predicted molar refractivity (Wildman–Crippen MR) is 60.6 cm³/mol. The molecular weight excluding hydrogens is 188 g/mol. The Kier molecular flexibility index (Phi) is 3.62. The highest BCUT2D eigenvalue weighted by Gasteiger charge is 2.30. The third-order valence-corrected chi connectivity index (χ3v) is 3.82. The normalized spacial score (nSPS) is 31.9. The average Bonchev–Trinajstić information content (AvgIpc) is 2.78. The van der Waals surface area contributed by atoms with Crippen LogP contribution in [0.25, 0.3) is 0 Å². The van der Waals surface area contributed by atoms with Crippen molar-refractivity contribution in [3.63, 3.8) is 0 Å². The van der Waals surface area contributed by atoms with Gasteiger partial charge in [0.05, 0.1) is 5.92 Å². The van der Waals surface area contributed by atoms with Crippen molar-refractivity contribution in [2.45, 2.75) is 32.6 Å². The summed E-state index contributed by atoms with van der Waals surface area (Å²) >= 11 is 0. The van der Waals surface area contributed by atoms with Gasteiger partial charge in [-0.15, -0.1) is 0 Å². The molecule has 0 aromatic carbocycles. The van der Waals surface area contributed by atoms with Crippen molar-refractivity contribution in [2.24, 2.45) is 11.8 Å². The lowest BCUT2D eigenvalue weighted by Gasteiger charge is -2.26. The minimum absolute atomic E-state index is 0.259. The second kappa shape index (κ2) is 4.97. The van der Waals surface area contributed by atoms with Crippen LogP contribution in [0, 0.1) is 11.8 Å². The van der Waals surface area contributed by atoms with E-state index >= 15 is 0 Å². The van der Waals surface area contributed by atoms with E-state index in [9.17, 15) is 4.79 Å². The first-order valence-electron chi connectivity index (χ1n) is 6.30. The van der Waals surface area contributed by atoms with Gasteiger partial charge in [0.25, 0.3) is 0 Å². The highest BCUT2D eigenvalue weighted by molar-refractivity contribution is 5.79. The van der Waals surface area contributed by atoms with Gasteiger partial charge in [-0.25, -0.2) is 0 Å². The fraction of sp³-hybridized carbons (Fsp3) is 0.917. The molecule has 0 aromatic rings. The Bertz CT molecular complexity index is 224. The number of nitrogens with one attached hydrogen (secondary N) is 1. The topological polar surface area (TPSA) is 32.3 Å². The Morgan fingerprint density at radius 2 is 2.33 bits per heavy atom. The number of rotatable bonds is 2. The van der Waals surface area contributed by atoms with Gasteiger partial charge in [-0.2, -0.15) is 0 Å². The molecule has 0 radical (unpaired) electrons. The molecule has 2 saturated heterocycles. The second-order valence-electron chi connectivity index (χ2n) is 4.89. The van der Waals surface area contributed by atoms with Gasteiger partial charge in [0.1, 0.15) is 0 Å². The second-order valence-corrected chi connectivity index (χ2v) is 4.89. The Morgan fingerprint density at radius 1 is 1.47 bits per heavy atom. The molecule has 1 amide bonds. The molecule has 0 spiro atoms. The molecule has 1 N–H and O–H groups in total. The summed E-state index contributed by atoms with van der Waals surface area (Å²) < 4.78 is 0. The minimum atomic E-state index is 0.259. The summed E-state index contributed by atoms with van der Waals surface area (Å²) in [6, 6.07) is 0. The van der Waals surface area contributed by atoms with Crippen molar-refractivity contribution in [1.29, 1.82) is 0 Å². The summed E-state index contributed by atoms with van der Waals surface area (Å²) in [5.74, 6) is 1.41. The van der Waals surface area contributed by atoms with Gasteiger partial charge in [0.15, 0.2) is 0 Å². The van der Waals surface area contributed by atoms with E-state index in [1.54, 1.807) is 0 Å². The Morgan fingerprint density at radius 3 is 2.93 bits per heavy atom. The van der Waals surface area contributed by atoms with Crippen molar-refractivity contribution in [3.05, 3.63) is 0 Å². The standard InChI is InChI=1S/C12H22N2O/c1-2-10-5-7-14(9-10)12(15)11-4-3-6-13-8-11/h10-11,13H,2-9H2,1H3. The van der Waals surface area contributed by atoms with E-state index in [0.717, 1.165) is 44.9 Å². The van der Waals surface area contributed by atoms with Crippen LogP contribution in [-0.4, -0.2) is 37.0 Å². The van der Waals surface area contributed by atoms with E-state index in [2.05, 4.69) is 17.1 Å². The maximum Gasteiger partial charge on any atom is 0.226 e. The zero-order valence-corrected chi connectivity index (χ0v) is 9.67. The van der Waals surface area contributed by atoms with E-state index in [1.165, 1.54) is 12.8 Å². The molecule has 2 heterocycles. The van der Waals surface area contributed by atoms with Crippen LogP contribution in [0.5, 0.6) is 0 Å². The summed E-state index contributed by atoms with van der Waals surface area (Å²) in [6.45, 7) is 6.20. The molecule has 2 atom stereocenters. The fourth-order valence-electron chi connectivity index (χ4n) is 2.69. The molecule has 0 aromatic heterocycles. The third kappa shape index (κ3) is 2.51. The number of likely N-dealkylation sites (tertiary alicyclic amines) is 1. The van der Waals surface area contributed by atoms with E-state index in [4.69, 9.17) is 0 Å². The molecule has 86 valence electrons. The van der Waals surface area contributed by atoms with E-state index in [-0.39, 0.29) is 5.92 Å². The lowest BCUT2D eigenvalue weighted by Crippen LogP contribution is -2.42. The predicted octanol–water partition coefficient (Wildman–Crippen LogP) is 1.24. The molecule has 2 unspecified atom stereocenters. The number of hydrogen-bond acceptors (Lipinski definition) is 2. The van der Waals surface area contributed by atoms with Gasteiger partial charge in [-0.3, -0.25) is 4.79 Å². The summed E-state index contributed by atoms with van der Waals surface area (Å²) in [6.07, 6.45) is 4.66.